The van der Waals surface area contributed by atoms with Gasteiger partial charge in [0.1, 0.15) is 12.1 Å². The van der Waals surface area contributed by atoms with Gasteiger partial charge in [-0.25, -0.2) is 4.98 Å². The van der Waals surface area contributed by atoms with Crippen molar-refractivity contribution in [2.45, 2.75) is 89.3 Å². The van der Waals surface area contributed by atoms with Crippen molar-refractivity contribution in [1.82, 2.24) is 30.7 Å². The molecule has 2 aromatic rings. The molecule has 1 aromatic heterocycles. The van der Waals surface area contributed by atoms with Gasteiger partial charge < -0.3 is 30.5 Å². The van der Waals surface area contributed by atoms with Gasteiger partial charge in [-0.1, -0.05) is 63.8 Å². The molecule has 11 nitrogen and oxygen atoms in total. The number of aromatic nitrogens is 1. The van der Waals surface area contributed by atoms with Crippen LogP contribution >= 0.6 is 0 Å². The van der Waals surface area contributed by atoms with Crippen molar-refractivity contribution < 1.29 is 32.7 Å². The minimum Gasteiger partial charge on any atom is -0.481 e. The van der Waals surface area contributed by atoms with Gasteiger partial charge in [-0.15, -0.1) is 0 Å². The largest absolute Gasteiger partial charge is 0.481 e. The van der Waals surface area contributed by atoms with E-state index in [-0.39, 0.29) is 42.5 Å². The molecule has 0 radical (unpaired) electrons. The van der Waals surface area contributed by atoms with E-state index in [1.54, 1.807) is 11.8 Å². The number of benzene rings is 1. The fourth-order valence-corrected chi connectivity index (χ4v) is 6.42. The second-order valence-corrected chi connectivity index (χ2v) is 13.1. The van der Waals surface area contributed by atoms with E-state index < -0.39 is 35.4 Å². The third-order valence-corrected chi connectivity index (χ3v) is 9.72. The molecule has 49 heavy (non-hydrogen) atoms. The first-order valence-corrected chi connectivity index (χ1v) is 17.3. The molecule has 4 rings (SSSR count). The van der Waals surface area contributed by atoms with Crippen molar-refractivity contribution in [3.8, 4) is 5.88 Å². The molecule has 1 saturated carbocycles. The number of rotatable bonds is 13. The van der Waals surface area contributed by atoms with Crippen molar-refractivity contribution in [1.29, 1.82) is 0 Å². The second kappa shape index (κ2) is 17.5. The molecule has 0 spiro atoms. The van der Waals surface area contributed by atoms with Crippen LogP contribution in [-0.4, -0.2) is 90.8 Å². The van der Waals surface area contributed by atoms with Gasteiger partial charge in [-0.05, 0) is 43.0 Å². The fraction of sp³-hybridized carbons (Fsp3) is 0.583. The van der Waals surface area contributed by atoms with Gasteiger partial charge in [-0.3, -0.25) is 19.2 Å². The molecule has 268 valence electrons. The number of nitrogens with zero attached hydrogens (tertiary/aromatic N) is 3. The van der Waals surface area contributed by atoms with E-state index in [4.69, 9.17) is 4.74 Å². The summed E-state index contributed by atoms with van der Waals surface area (Å²) < 4.78 is 35.4. The van der Waals surface area contributed by atoms with Crippen LogP contribution in [0.2, 0.25) is 0 Å². The first kappa shape index (κ1) is 37.7. The van der Waals surface area contributed by atoms with Crippen LogP contribution in [0.15, 0.2) is 42.6 Å². The van der Waals surface area contributed by atoms with Gasteiger partial charge in [0.25, 0.3) is 5.91 Å². The molecule has 2 aliphatic rings. The molecule has 1 saturated heterocycles. The molecule has 0 bridgehead atoms. The number of halogens is 2. The highest BCUT2D eigenvalue weighted by molar-refractivity contribution is 5.91. The Kier molecular flexibility index (Phi) is 13.5. The number of ether oxygens (including phenoxy) is 1. The van der Waals surface area contributed by atoms with Crippen LogP contribution < -0.4 is 20.7 Å². The van der Waals surface area contributed by atoms with Crippen molar-refractivity contribution in [2.75, 3.05) is 40.3 Å². The van der Waals surface area contributed by atoms with Crippen molar-refractivity contribution in [3.63, 3.8) is 0 Å². The number of methoxy groups -OCH3 is 1. The quantitative estimate of drug-likeness (QED) is 0.274. The van der Waals surface area contributed by atoms with Crippen LogP contribution in [-0.2, 0) is 31.6 Å². The lowest BCUT2D eigenvalue weighted by Crippen LogP contribution is -2.55. The summed E-state index contributed by atoms with van der Waals surface area (Å²) >= 11 is 0. The van der Waals surface area contributed by atoms with Gasteiger partial charge in [0.05, 0.1) is 7.11 Å². The van der Waals surface area contributed by atoms with E-state index in [1.807, 2.05) is 38.2 Å². The van der Waals surface area contributed by atoms with Gasteiger partial charge in [0, 0.05) is 62.9 Å². The maximum atomic E-state index is 15.3. The molecule has 3 atom stereocenters. The Labute approximate surface area is 287 Å². The van der Waals surface area contributed by atoms with Gasteiger partial charge in [0.2, 0.25) is 23.6 Å². The van der Waals surface area contributed by atoms with Gasteiger partial charge >= 0.3 is 5.92 Å². The number of nitrogens with one attached hydrogen (secondary N) is 3. The van der Waals surface area contributed by atoms with Crippen LogP contribution in [0, 0.1) is 5.92 Å². The van der Waals surface area contributed by atoms with E-state index >= 15 is 8.78 Å². The number of amides is 4. The Morgan fingerprint density at radius 2 is 1.61 bits per heavy atom. The summed E-state index contributed by atoms with van der Waals surface area (Å²) in [5.41, 5.74) is 1.00. The number of hydrogen-bond donors (Lipinski definition) is 3. The third-order valence-electron chi connectivity index (χ3n) is 9.72. The number of alkyl halides is 2. The van der Waals surface area contributed by atoms with Crippen molar-refractivity contribution in [3.05, 3.63) is 59.3 Å². The van der Waals surface area contributed by atoms with Crippen molar-refractivity contribution >= 4 is 23.6 Å². The highest BCUT2D eigenvalue weighted by Gasteiger charge is 2.44. The van der Waals surface area contributed by atoms with E-state index in [0.717, 1.165) is 62.2 Å². The van der Waals surface area contributed by atoms with Crippen LogP contribution in [0.5, 0.6) is 5.88 Å². The number of likely N-dealkylation sites (N-methyl/N-ethyl adjacent to an activating group) is 1. The summed E-state index contributed by atoms with van der Waals surface area (Å²) in [6, 6.07) is 7.86. The summed E-state index contributed by atoms with van der Waals surface area (Å²) in [6.07, 6.45) is 6.11. The molecule has 1 aliphatic heterocycles. The standard InChI is InChI=1S/C36H50F2N6O5/c1-5-29(45)41-31(34(47)44-20-18-43(3)19-21-44)24(2)26-14-12-25(13-15-26)22-40-33(46)32(27-10-8-6-7-9-11-27)42-35(48)36(37,38)28-16-17-30(49-4)39-23-28/h12-17,23-24,27,31-32H,5-11,18-22H2,1-4H3,(H,40,46)(H,41,45)(H,42,48)/t24-,31+,32?/m0/s1. The average molecular weight is 685 g/mol. The molecule has 1 aromatic carbocycles. The zero-order chi connectivity index (χ0) is 35.6. The van der Waals surface area contributed by atoms with Crippen molar-refractivity contribution in [2.24, 2.45) is 5.92 Å². The number of pyridine rings is 1. The maximum Gasteiger partial charge on any atom is 0.351 e. The molecule has 2 fully saturated rings. The zero-order valence-corrected chi connectivity index (χ0v) is 29.0. The minimum atomic E-state index is -3.91. The third kappa shape index (κ3) is 9.96. The summed E-state index contributed by atoms with van der Waals surface area (Å²) in [4.78, 5) is 60.3. The number of carbonyl (C=O) groups excluding carboxylic acids is 4. The lowest BCUT2D eigenvalue weighted by Gasteiger charge is -2.36. The first-order valence-electron chi connectivity index (χ1n) is 17.3. The summed E-state index contributed by atoms with van der Waals surface area (Å²) in [7, 11) is 3.37. The smallest absolute Gasteiger partial charge is 0.351 e. The molecule has 13 heteroatoms. The molecular formula is C36H50F2N6O5. The minimum absolute atomic E-state index is 0.112. The van der Waals surface area contributed by atoms with E-state index in [1.165, 1.54) is 13.2 Å². The number of hydrogen-bond acceptors (Lipinski definition) is 7. The molecule has 1 aliphatic carbocycles. The van der Waals surface area contributed by atoms with E-state index in [9.17, 15) is 19.2 Å². The first-order chi connectivity index (χ1) is 23.4. The Morgan fingerprint density at radius 1 is 0.959 bits per heavy atom. The Morgan fingerprint density at radius 3 is 2.18 bits per heavy atom. The highest BCUT2D eigenvalue weighted by Crippen LogP contribution is 2.31. The number of carbonyl (C=O) groups is 4. The van der Waals surface area contributed by atoms with E-state index in [0.29, 0.717) is 25.9 Å². The Balaban J connectivity index is 1.44. The average Bonchev–Trinajstić information content (AvgIpc) is 3.41. The fourth-order valence-electron chi connectivity index (χ4n) is 6.42. The zero-order valence-electron chi connectivity index (χ0n) is 29.0. The van der Waals surface area contributed by atoms with Crippen LogP contribution in [0.25, 0.3) is 0 Å². The molecular weight excluding hydrogens is 634 g/mol. The van der Waals surface area contributed by atoms with Gasteiger partial charge in [0.15, 0.2) is 0 Å². The van der Waals surface area contributed by atoms with E-state index in [2.05, 4.69) is 25.8 Å². The Hall–Kier alpha value is -4.13. The summed E-state index contributed by atoms with van der Waals surface area (Å²) in [5, 5.41) is 8.15. The summed E-state index contributed by atoms with van der Waals surface area (Å²) in [6.45, 7) is 6.49. The lowest BCUT2D eigenvalue weighted by molar-refractivity contribution is -0.150. The number of piperazine rings is 1. The predicted octanol–water partition coefficient (Wildman–Crippen LogP) is 3.73. The molecule has 3 N–H and O–H groups in total. The molecule has 2 heterocycles. The topological polar surface area (TPSA) is 133 Å². The molecule has 1 unspecified atom stereocenters. The predicted molar refractivity (Wildman–Crippen MR) is 181 cm³/mol. The van der Waals surface area contributed by atoms with Crippen LogP contribution in [0.1, 0.15) is 81.4 Å². The van der Waals surface area contributed by atoms with Crippen LogP contribution in [0.3, 0.4) is 0 Å². The van der Waals surface area contributed by atoms with Crippen LogP contribution in [0.4, 0.5) is 8.78 Å². The summed E-state index contributed by atoms with van der Waals surface area (Å²) in [5.74, 6) is -6.77. The lowest BCUT2D eigenvalue weighted by atomic mass is 9.90. The monoisotopic (exact) mass is 684 g/mol. The normalized spacial score (nSPS) is 18.0. The van der Waals surface area contributed by atoms with Gasteiger partial charge in [-0.2, -0.15) is 8.78 Å². The SMILES string of the molecule is CCC(=O)N[C@@H](C(=O)N1CCN(C)CC1)[C@@H](C)c1ccc(CNC(=O)C(NC(=O)C(F)(F)c2ccc(OC)nc2)C2CCCCCC2)cc1. The second-order valence-electron chi connectivity index (χ2n) is 13.1. The molecule has 4 amide bonds. The maximum absolute atomic E-state index is 15.3. The Bertz CT molecular complexity index is 1410. The highest BCUT2D eigenvalue weighted by atomic mass is 19.3.